The minimum atomic E-state index is -0.0534. The molecule has 0 aliphatic heterocycles. The number of nitrogens with one attached hydrogen (secondary N) is 1. The fraction of sp³-hybridized carbons (Fsp3) is 0.364. The summed E-state index contributed by atoms with van der Waals surface area (Å²) in [6.07, 6.45) is 7.34. The van der Waals surface area contributed by atoms with Gasteiger partial charge in [0.05, 0.1) is 13.0 Å². The van der Waals surface area contributed by atoms with Crippen molar-refractivity contribution in [3.05, 3.63) is 36.4 Å². The molecular weight excluding hydrogens is 218 g/mol. The summed E-state index contributed by atoms with van der Waals surface area (Å²) in [6, 6.07) is 0. The molecule has 0 aliphatic rings. The van der Waals surface area contributed by atoms with Gasteiger partial charge in [0.2, 0.25) is 5.91 Å². The molecule has 0 saturated heterocycles. The van der Waals surface area contributed by atoms with Crippen molar-refractivity contribution >= 4 is 5.91 Å². The second-order valence-corrected chi connectivity index (χ2v) is 3.86. The van der Waals surface area contributed by atoms with E-state index in [0.29, 0.717) is 6.54 Å². The molecular formula is C11H15N5O. The summed E-state index contributed by atoms with van der Waals surface area (Å²) in [7, 11) is 3.77. The quantitative estimate of drug-likeness (QED) is 0.809. The van der Waals surface area contributed by atoms with Crippen LogP contribution in [0.1, 0.15) is 11.6 Å². The largest absolute Gasteiger partial charge is 0.348 e. The zero-order valence-electron chi connectivity index (χ0n) is 9.92. The summed E-state index contributed by atoms with van der Waals surface area (Å²) >= 11 is 0. The van der Waals surface area contributed by atoms with Gasteiger partial charge in [-0.2, -0.15) is 0 Å². The standard InChI is InChI=1S/C11H15N5O/c1-15-5-3-12-9(15)7-11(17)14-8-10-13-4-6-16(10)2/h3-6H,7-8H2,1-2H3,(H,14,17). The number of hydrogen-bond acceptors (Lipinski definition) is 3. The molecule has 6 nitrogen and oxygen atoms in total. The molecule has 2 aromatic heterocycles. The molecule has 0 saturated carbocycles. The first-order valence-electron chi connectivity index (χ1n) is 5.36. The van der Waals surface area contributed by atoms with E-state index in [2.05, 4.69) is 15.3 Å². The molecule has 0 atom stereocenters. The summed E-state index contributed by atoms with van der Waals surface area (Å²) < 4.78 is 3.71. The summed E-state index contributed by atoms with van der Waals surface area (Å²) in [6.45, 7) is 0.437. The first-order chi connectivity index (χ1) is 8.16. The van der Waals surface area contributed by atoms with Gasteiger partial charge in [-0.3, -0.25) is 4.79 Å². The van der Waals surface area contributed by atoms with Crippen LogP contribution < -0.4 is 5.32 Å². The third kappa shape index (κ3) is 2.72. The molecule has 0 fully saturated rings. The van der Waals surface area contributed by atoms with Crippen molar-refractivity contribution < 1.29 is 4.79 Å². The molecule has 0 aromatic carbocycles. The van der Waals surface area contributed by atoms with Crippen LogP contribution in [0.25, 0.3) is 0 Å². The Labute approximate surface area is 99.3 Å². The zero-order valence-corrected chi connectivity index (χ0v) is 9.92. The Morgan fingerprint density at radius 2 is 1.76 bits per heavy atom. The lowest BCUT2D eigenvalue weighted by molar-refractivity contribution is -0.120. The molecule has 0 radical (unpaired) electrons. The lowest BCUT2D eigenvalue weighted by Gasteiger charge is -2.05. The monoisotopic (exact) mass is 233 g/mol. The third-order valence-corrected chi connectivity index (χ3v) is 2.60. The van der Waals surface area contributed by atoms with Gasteiger partial charge >= 0.3 is 0 Å². The van der Waals surface area contributed by atoms with Gasteiger partial charge in [-0.15, -0.1) is 0 Å². The number of hydrogen-bond donors (Lipinski definition) is 1. The SMILES string of the molecule is Cn1ccnc1CNC(=O)Cc1nccn1C. The topological polar surface area (TPSA) is 64.7 Å². The molecule has 17 heavy (non-hydrogen) atoms. The van der Waals surface area contributed by atoms with E-state index in [0.717, 1.165) is 11.6 Å². The number of aromatic nitrogens is 4. The van der Waals surface area contributed by atoms with Crippen molar-refractivity contribution in [1.82, 2.24) is 24.4 Å². The van der Waals surface area contributed by atoms with Crippen LogP contribution in [0.4, 0.5) is 0 Å². The summed E-state index contributed by atoms with van der Waals surface area (Å²) in [5.74, 6) is 1.53. The van der Waals surface area contributed by atoms with Crippen LogP contribution in [0.5, 0.6) is 0 Å². The van der Waals surface area contributed by atoms with Crippen molar-refractivity contribution in [2.45, 2.75) is 13.0 Å². The predicted octanol–water partition coefficient (Wildman–Crippen LogP) is 0.0125. The molecule has 2 aromatic rings. The number of rotatable bonds is 4. The van der Waals surface area contributed by atoms with E-state index in [1.165, 1.54) is 0 Å². The summed E-state index contributed by atoms with van der Waals surface area (Å²) in [5, 5.41) is 2.82. The Morgan fingerprint density at radius 3 is 2.29 bits per heavy atom. The molecule has 2 heterocycles. The van der Waals surface area contributed by atoms with E-state index in [9.17, 15) is 4.79 Å². The number of amides is 1. The van der Waals surface area contributed by atoms with Crippen molar-refractivity contribution in [2.75, 3.05) is 0 Å². The first kappa shape index (κ1) is 11.4. The van der Waals surface area contributed by atoms with Gasteiger partial charge in [0, 0.05) is 38.9 Å². The maximum absolute atomic E-state index is 11.7. The highest BCUT2D eigenvalue weighted by Crippen LogP contribution is 1.97. The van der Waals surface area contributed by atoms with E-state index < -0.39 is 0 Å². The highest BCUT2D eigenvalue weighted by molar-refractivity contribution is 5.77. The molecule has 90 valence electrons. The third-order valence-electron chi connectivity index (χ3n) is 2.60. The zero-order chi connectivity index (χ0) is 12.3. The maximum Gasteiger partial charge on any atom is 0.227 e. The van der Waals surface area contributed by atoms with E-state index in [4.69, 9.17) is 0 Å². The molecule has 0 unspecified atom stereocenters. The van der Waals surface area contributed by atoms with Crippen LogP contribution in [0.3, 0.4) is 0 Å². The van der Waals surface area contributed by atoms with E-state index in [1.54, 1.807) is 12.4 Å². The average Bonchev–Trinajstić information content (AvgIpc) is 2.86. The minimum Gasteiger partial charge on any atom is -0.348 e. The molecule has 0 spiro atoms. The van der Waals surface area contributed by atoms with Crippen molar-refractivity contribution in [1.29, 1.82) is 0 Å². The van der Waals surface area contributed by atoms with Gasteiger partial charge < -0.3 is 14.5 Å². The fourth-order valence-corrected chi connectivity index (χ4v) is 1.52. The molecule has 2 rings (SSSR count). The lowest BCUT2D eigenvalue weighted by atomic mass is 10.3. The average molecular weight is 233 g/mol. The van der Waals surface area contributed by atoms with Crippen molar-refractivity contribution in [2.24, 2.45) is 14.1 Å². The van der Waals surface area contributed by atoms with Crippen LogP contribution in [0.2, 0.25) is 0 Å². The van der Waals surface area contributed by atoms with Gasteiger partial charge in [-0.05, 0) is 0 Å². The Balaban J connectivity index is 1.86. The van der Waals surface area contributed by atoms with Gasteiger partial charge in [0.15, 0.2) is 0 Å². The van der Waals surface area contributed by atoms with Crippen molar-refractivity contribution in [3.63, 3.8) is 0 Å². The maximum atomic E-state index is 11.7. The number of carbonyl (C=O) groups is 1. The molecule has 0 bridgehead atoms. The molecule has 1 N–H and O–H groups in total. The van der Waals surface area contributed by atoms with Crippen LogP contribution in [-0.4, -0.2) is 25.0 Å². The lowest BCUT2D eigenvalue weighted by Crippen LogP contribution is -2.26. The Kier molecular flexibility index (Phi) is 3.22. The predicted molar refractivity (Wildman–Crippen MR) is 62.0 cm³/mol. The highest BCUT2D eigenvalue weighted by Gasteiger charge is 2.08. The second kappa shape index (κ2) is 4.82. The molecule has 1 amide bonds. The van der Waals surface area contributed by atoms with Crippen LogP contribution in [-0.2, 0) is 31.9 Å². The molecule has 6 heteroatoms. The van der Waals surface area contributed by atoms with E-state index in [1.807, 2.05) is 35.6 Å². The summed E-state index contributed by atoms with van der Waals surface area (Å²) in [5.41, 5.74) is 0. The number of imidazole rings is 2. The van der Waals surface area contributed by atoms with Crippen LogP contribution in [0, 0.1) is 0 Å². The van der Waals surface area contributed by atoms with Gasteiger partial charge in [-0.1, -0.05) is 0 Å². The first-order valence-corrected chi connectivity index (χ1v) is 5.36. The van der Waals surface area contributed by atoms with Gasteiger partial charge in [0.25, 0.3) is 0 Å². The van der Waals surface area contributed by atoms with Crippen LogP contribution in [0.15, 0.2) is 24.8 Å². The smallest absolute Gasteiger partial charge is 0.227 e. The van der Waals surface area contributed by atoms with E-state index >= 15 is 0 Å². The highest BCUT2D eigenvalue weighted by atomic mass is 16.1. The van der Waals surface area contributed by atoms with Gasteiger partial charge in [0.1, 0.15) is 11.6 Å². The van der Waals surface area contributed by atoms with E-state index in [-0.39, 0.29) is 12.3 Å². The minimum absolute atomic E-state index is 0.0534. The fourth-order valence-electron chi connectivity index (χ4n) is 1.52. The number of carbonyl (C=O) groups excluding carboxylic acids is 1. The molecule has 0 aliphatic carbocycles. The number of aryl methyl sites for hydroxylation is 2. The second-order valence-electron chi connectivity index (χ2n) is 3.86. The van der Waals surface area contributed by atoms with Crippen LogP contribution >= 0.6 is 0 Å². The van der Waals surface area contributed by atoms with Crippen molar-refractivity contribution in [3.8, 4) is 0 Å². The van der Waals surface area contributed by atoms with Gasteiger partial charge in [-0.25, -0.2) is 9.97 Å². The Hall–Kier alpha value is -2.11. The Bertz CT molecular complexity index is 513. The normalized spacial score (nSPS) is 10.5. The summed E-state index contributed by atoms with van der Waals surface area (Å²) in [4.78, 5) is 19.9. The Morgan fingerprint density at radius 1 is 1.18 bits per heavy atom. The number of nitrogens with zero attached hydrogens (tertiary/aromatic N) is 4.